The normalized spacial score (nSPS) is 28.4. The molecule has 3 saturated carbocycles. The number of carbonyl (C=O) groups is 3. The lowest BCUT2D eigenvalue weighted by Crippen LogP contribution is -2.62. The van der Waals surface area contributed by atoms with Gasteiger partial charge in [-0.05, 0) is 79.5 Å². The third-order valence-corrected chi connectivity index (χ3v) is 12.8. The number of carbonyl (C=O) groups excluding carboxylic acids is 3. The van der Waals surface area contributed by atoms with Crippen molar-refractivity contribution in [1.29, 1.82) is 0 Å². The van der Waals surface area contributed by atoms with Gasteiger partial charge in [0, 0.05) is 74.5 Å². The van der Waals surface area contributed by atoms with Gasteiger partial charge in [0.1, 0.15) is 17.9 Å². The summed E-state index contributed by atoms with van der Waals surface area (Å²) in [5, 5.41) is 29.2. The number of likely N-dealkylation sites (tertiary alicyclic amines) is 1. The third kappa shape index (κ3) is 7.78. The predicted molar refractivity (Wildman–Crippen MR) is 203 cm³/mol. The number of aliphatic hydroxyl groups excluding tert-OH is 2. The molecule has 4 N–H and O–H groups in total. The monoisotopic (exact) mass is 733 g/mol. The molecule has 2 saturated heterocycles. The number of ether oxygens (including phenoxy) is 1. The number of nitrogens with one attached hydrogen (secondary N) is 2. The van der Waals surface area contributed by atoms with Crippen LogP contribution in [0.25, 0.3) is 11.1 Å². The van der Waals surface area contributed by atoms with E-state index in [0.717, 1.165) is 41.8 Å². The number of methoxy groups -OCH3 is 1. The average Bonchev–Trinajstić information content (AvgIpc) is 3.72. The lowest BCUT2D eigenvalue weighted by atomic mass is 9.45. The van der Waals surface area contributed by atoms with E-state index in [-0.39, 0.29) is 42.3 Å². The number of hydrogen-bond donors (Lipinski definition) is 4. The fourth-order valence-electron chi connectivity index (χ4n) is 9.50. The Morgan fingerprint density at radius 3 is 2.57 bits per heavy atom. The van der Waals surface area contributed by atoms with Crippen LogP contribution in [-0.2, 0) is 21.0 Å². The molecule has 0 aromatic heterocycles. The highest BCUT2D eigenvalue weighted by Gasteiger charge is 2.57. The van der Waals surface area contributed by atoms with Crippen LogP contribution in [0.2, 0.25) is 0 Å². The molecule has 0 unspecified atom stereocenters. The quantitative estimate of drug-likeness (QED) is 0.213. The number of nitrogens with zero attached hydrogens (tertiary/aromatic N) is 3. The van der Waals surface area contributed by atoms with E-state index in [2.05, 4.69) is 31.4 Å². The molecule has 7 rings (SSSR count). The summed E-state index contributed by atoms with van der Waals surface area (Å²) in [6.45, 7) is 10.2. The fourth-order valence-corrected chi connectivity index (χ4v) is 9.50. The van der Waals surface area contributed by atoms with Crippen LogP contribution in [0.5, 0.6) is 5.75 Å². The number of fused-ring (bicyclic) bond motifs is 2. The standard InChI is InChI=1S/C41H59N5O7/c1-24-32-20-29(41(32,3)4)21-33(24)43-40(51)37-36(25(2)48)34(23-47)53-46(37)22-26-11-8-12-31(38(26)52-7)27-17-28(19-30(18-27)44(5)6)39(50)42-14-10-16-45-15-9-13-35(45)49/h8,11-12,17-19,24-25,29,32-34,36-37,47-48H,9-10,13-16,20-23H2,1-7H3,(H,42,50)(H,43,51)/t24-,25-,29-,32-,33-,34-,36+,37-/m0/s1. The molecule has 12 nitrogen and oxygen atoms in total. The van der Waals surface area contributed by atoms with E-state index in [0.29, 0.717) is 55.0 Å². The fraction of sp³-hybridized carbons (Fsp3) is 0.634. The van der Waals surface area contributed by atoms with Crippen LogP contribution >= 0.6 is 0 Å². The van der Waals surface area contributed by atoms with Crippen molar-refractivity contribution in [2.75, 3.05) is 52.3 Å². The number of para-hydroxylation sites is 1. The van der Waals surface area contributed by atoms with Crippen molar-refractivity contribution >= 4 is 23.4 Å². The lowest BCUT2D eigenvalue weighted by molar-refractivity contribution is -0.183. The predicted octanol–water partition coefficient (Wildman–Crippen LogP) is 3.83. The van der Waals surface area contributed by atoms with Crippen LogP contribution < -0.4 is 20.3 Å². The number of hydrogen-bond acceptors (Lipinski definition) is 9. The second-order valence-electron chi connectivity index (χ2n) is 16.5. The van der Waals surface area contributed by atoms with Crippen LogP contribution in [0.1, 0.15) is 75.7 Å². The highest BCUT2D eigenvalue weighted by molar-refractivity contribution is 5.97. The van der Waals surface area contributed by atoms with Gasteiger partial charge in [-0.25, -0.2) is 0 Å². The van der Waals surface area contributed by atoms with Crippen molar-refractivity contribution in [2.45, 2.75) is 90.6 Å². The van der Waals surface area contributed by atoms with Crippen molar-refractivity contribution < 1.29 is 34.2 Å². The first-order chi connectivity index (χ1) is 25.2. The summed E-state index contributed by atoms with van der Waals surface area (Å²) in [7, 11) is 5.44. The zero-order valence-electron chi connectivity index (χ0n) is 32.4. The summed E-state index contributed by atoms with van der Waals surface area (Å²) < 4.78 is 6.05. The van der Waals surface area contributed by atoms with Crippen LogP contribution in [0.3, 0.4) is 0 Å². The lowest BCUT2D eigenvalue weighted by Gasteiger charge is -2.62. The highest BCUT2D eigenvalue weighted by atomic mass is 16.7. The van der Waals surface area contributed by atoms with Gasteiger partial charge < -0.3 is 35.4 Å². The summed E-state index contributed by atoms with van der Waals surface area (Å²) >= 11 is 0. The summed E-state index contributed by atoms with van der Waals surface area (Å²) in [4.78, 5) is 49.7. The van der Waals surface area contributed by atoms with Crippen LogP contribution in [0, 0.1) is 29.1 Å². The molecule has 5 fully saturated rings. The van der Waals surface area contributed by atoms with Crippen molar-refractivity contribution in [2.24, 2.45) is 29.1 Å². The number of aliphatic hydroxyl groups is 2. The molecular formula is C41H59N5O7. The second kappa shape index (κ2) is 15.9. The van der Waals surface area contributed by atoms with E-state index >= 15 is 0 Å². The maximum atomic E-state index is 14.2. The van der Waals surface area contributed by atoms with Gasteiger partial charge in [0.05, 0.1) is 26.4 Å². The Hall–Kier alpha value is -3.71. The van der Waals surface area contributed by atoms with Gasteiger partial charge in [0.25, 0.3) is 5.91 Å². The third-order valence-electron chi connectivity index (χ3n) is 12.8. The summed E-state index contributed by atoms with van der Waals surface area (Å²) in [5.41, 5.74) is 3.91. The van der Waals surface area contributed by atoms with Crippen LogP contribution in [0.4, 0.5) is 5.69 Å². The molecule has 5 aliphatic rings. The topological polar surface area (TPSA) is 144 Å². The Morgan fingerprint density at radius 2 is 1.94 bits per heavy atom. The molecule has 2 heterocycles. The largest absolute Gasteiger partial charge is 0.496 e. The number of amides is 3. The zero-order valence-corrected chi connectivity index (χ0v) is 32.4. The van der Waals surface area contributed by atoms with Gasteiger partial charge in [-0.2, -0.15) is 5.06 Å². The van der Waals surface area contributed by atoms with E-state index in [1.807, 2.05) is 60.3 Å². The molecule has 2 bridgehead atoms. The van der Waals surface area contributed by atoms with Gasteiger partial charge in [-0.15, -0.1) is 0 Å². The number of anilines is 1. The molecule has 290 valence electrons. The Kier molecular flexibility index (Phi) is 11.7. The first-order valence-electron chi connectivity index (χ1n) is 19.3. The van der Waals surface area contributed by atoms with Gasteiger partial charge >= 0.3 is 0 Å². The smallest absolute Gasteiger partial charge is 0.251 e. The Balaban J connectivity index is 1.23. The van der Waals surface area contributed by atoms with E-state index in [4.69, 9.17) is 9.57 Å². The van der Waals surface area contributed by atoms with Crippen molar-refractivity contribution in [3.63, 3.8) is 0 Å². The molecule has 53 heavy (non-hydrogen) atoms. The van der Waals surface area contributed by atoms with Gasteiger partial charge in [-0.3, -0.25) is 19.2 Å². The first-order valence-corrected chi connectivity index (χ1v) is 19.3. The molecule has 2 aromatic carbocycles. The molecule has 12 heteroatoms. The number of benzene rings is 2. The van der Waals surface area contributed by atoms with E-state index in [9.17, 15) is 24.6 Å². The number of hydroxylamine groups is 2. The van der Waals surface area contributed by atoms with Crippen LogP contribution in [0.15, 0.2) is 36.4 Å². The van der Waals surface area contributed by atoms with Gasteiger partial charge in [-0.1, -0.05) is 39.0 Å². The van der Waals surface area contributed by atoms with Gasteiger partial charge in [0.15, 0.2) is 0 Å². The SMILES string of the molecule is COc1c(CN2O[C@@H](CO)[C@@H]([C@H](C)O)[C@H]2C(=O)N[C@H]2C[C@@H]3C[C@@H]([C@@H]2C)C3(C)C)cccc1-c1cc(C(=O)NCCCN2CCCC2=O)cc(N(C)C)c1. The first kappa shape index (κ1) is 39.0. The van der Waals surface area contributed by atoms with Gasteiger partial charge in [0.2, 0.25) is 11.8 Å². The molecule has 2 aliphatic heterocycles. The minimum absolute atomic E-state index is 0.0338. The summed E-state index contributed by atoms with van der Waals surface area (Å²) in [5.74, 6) is 1.14. The molecule has 0 radical (unpaired) electrons. The maximum Gasteiger partial charge on any atom is 0.251 e. The van der Waals surface area contributed by atoms with E-state index in [1.165, 1.54) is 6.42 Å². The molecule has 2 aromatic rings. The molecule has 3 aliphatic carbocycles. The minimum Gasteiger partial charge on any atom is -0.496 e. The maximum absolute atomic E-state index is 14.2. The zero-order chi connectivity index (χ0) is 38.2. The van der Waals surface area contributed by atoms with E-state index < -0.39 is 24.2 Å². The van der Waals surface area contributed by atoms with E-state index in [1.54, 1.807) is 19.1 Å². The number of rotatable bonds is 14. The molecule has 8 atom stereocenters. The Bertz CT molecular complexity index is 1660. The van der Waals surface area contributed by atoms with Crippen molar-refractivity contribution in [3.05, 3.63) is 47.5 Å². The Morgan fingerprint density at radius 1 is 1.17 bits per heavy atom. The molecule has 0 spiro atoms. The second-order valence-corrected chi connectivity index (χ2v) is 16.5. The van der Waals surface area contributed by atoms with Crippen molar-refractivity contribution in [1.82, 2.24) is 20.6 Å². The van der Waals surface area contributed by atoms with Crippen LogP contribution in [-0.4, -0.2) is 110 Å². The summed E-state index contributed by atoms with van der Waals surface area (Å²) in [6, 6.07) is 10.7. The molecular weight excluding hydrogens is 674 g/mol. The molecule has 3 amide bonds. The average molecular weight is 734 g/mol. The van der Waals surface area contributed by atoms with Crippen molar-refractivity contribution in [3.8, 4) is 16.9 Å². The Labute approximate surface area is 314 Å². The minimum atomic E-state index is -0.904. The summed E-state index contributed by atoms with van der Waals surface area (Å²) in [6.07, 6.45) is 2.63. The highest BCUT2D eigenvalue weighted by Crippen LogP contribution is 2.61.